The third-order valence-electron chi connectivity index (χ3n) is 6.64. The molecule has 0 aliphatic carbocycles. The van der Waals surface area contributed by atoms with Gasteiger partial charge in [-0.2, -0.15) is 4.31 Å². The molecule has 2 aromatic carbocycles. The van der Waals surface area contributed by atoms with Crippen molar-refractivity contribution in [3.05, 3.63) is 48.5 Å². The molecule has 2 aliphatic rings. The van der Waals surface area contributed by atoms with E-state index >= 15 is 0 Å². The third kappa shape index (κ3) is 4.49. The van der Waals surface area contributed by atoms with E-state index in [1.54, 1.807) is 42.7 Å². The highest BCUT2D eigenvalue weighted by molar-refractivity contribution is 7.89. The van der Waals surface area contributed by atoms with Gasteiger partial charge in [0.05, 0.1) is 22.2 Å². The van der Waals surface area contributed by atoms with Gasteiger partial charge in [0.1, 0.15) is 5.75 Å². The minimum Gasteiger partial charge on any atom is -0.497 e. The Hall–Kier alpha value is -2.69. The first-order valence-electron chi connectivity index (χ1n) is 11.5. The van der Waals surface area contributed by atoms with Crippen molar-refractivity contribution in [3.8, 4) is 5.75 Å². The van der Waals surface area contributed by atoms with E-state index in [9.17, 15) is 13.2 Å². The molecule has 1 amide bonds. The fourth-order valence-corrected chi connectivity index (χ4v) is 7.10. The normalized spacial score (nSPS) is 18.4. The zero-order valence-corrected chi connectivity index (χ0v) is 20.7. The van der Waals surface area contributed by atoms with Gasteiger partial charge in [0.25, 0.3) is 0 Å². The van der Waals surface area contributed by atoms with Gasteiger partial charge in [-0.3, -0.25) is 4.79 Å². The van der Waals surface area contributed by atoms with Crippen LogP contribution in [0.25, 0.3) is 10.2 Å². The maximum atomic E-state index is 13.1. The van der Waals surface area contributed by atoms with Crippen LogP contribution < -0.4 is 9.64 Å². The molecule has 0 bridgehead atoms. The lowest BCUT2D eigenvalue weighted by Crippen LogP contribution is -2.52. The van der Waals surface area contributed by atoms with Crippen molar-refractivity contribution < 1.29 is 17.9 Å². The maximum Gasteiger partial charge on any atom is 0.243 e. The highest BCUT2D eigenvalue weighted by Gasteiger charge is 2.35. The number of para-hydroxylation sites is 1. The van der Waals surface area contributed by atoms with Crippen LogP contribution in [0.5, 0.6) is 5.75 Å². The second kappa shape index (κ2) is 9.52. The van der Waals surface area contributed by atoms with Crippen LogP contribution in [0.1, 0.15) is 12.8 Å². The molecule has 0 radical (unpaired) electrons. The summed E-state index contributed by atoms with van der Waals surface area (Å²) in [6, 6.07) is 14.6. The number of methoxy groups -OCH3 is 1. The number of rotatable bonds is 5. The van der Waals surface area contributed by atoms with Gasteiger partial charge in [-0.25, -0.2) is 13.4 Å². The van der Waals surface area contributed by atoms with Crippen LogP contribution in [0.2, 0.25) is 0 Å². The first-order chi connectivity index (χ1) is 16.5. The first-order valence-corrected chi connectivity index (χ1v) is 13.7. The minimum absolute atomic E-state index is 0.128. The van der Waals surface area contributed by atoms with Crippen LogP contribution in [0.15, 0.2) is 53.4 Å². The van der Waals surface area contributed by atoms with Gasteiger partial charge in [0.15, 0.2) is 5.13 Å². The van der Waals surface area contributed by atoms with Crippen molar-refractivity contribution in [2.75, 3.05) is 51.3 Å². The molecule has 0 atom stereocenters. The van der Waals surface area contributed by atoms with E-state index in [1.165, 1.54) is 9.01 Å². The smallest absolute Gasteiger partial charge is 0.243 e. The third-order valence-corrected chi connectivity index (χ3v) is 9.65. The number of hydrogen-bond acceptors (Lipinski definition) is 7. The van der Waals surface area contributed by atoms with Crippen molar-refractivity contribution in [1.82, 2.24) is 14.2 Å². The van der Waals surface area contributed by atoms with Crippen LogP contribution in [0, 0.1) is 5.92 Å². The van der Waals surface area contributed by atoms with Gasteiger partial charge < -0.3 is 14.5 Å². The Morgan fingerprint density at radius 1 is 0.971 bits per heavy atom. The monoisotopic (exact) mass is 500 g/mol. The number of nitrogens with zero attached hydrogens (tertiary/aromatic N) is 4. The average Bonchev–Trinajstić information content (AvgIpc) is 3.33. The summed E-state index contributed by atoms with van der Waals surface area (Å²) in [5.74, 6) is 0.633. The molecule has 180 valence electrons. The number of thiazole rings is 1. The largest absolute Gasteiger partial charge is 0.497 e. The fraction of sp³-hybridized carbons (Fsp3) is 0.417. The number of carbonyl (C=O) groups excluding carboxylic acids is 1. The average molecular weight is 501 g/mol. The zero-order valence-electron chi connectivity index (χ0n) is 19.1. The van der Waals surface area contributed by atoms with Gasteiger partial charge in [0.2, 0.25) is 15.9 Å². The molecule has 1 aromatic heterocycles. The highest BCUT2D eigenvalue weighted by atomic mass is 32.2. The second-order valence-electron chi connectivity index (χ2n) is 8.63. The van der Waals surface area contributed by atoms with Gasteiger partial charge in [-0.1, -0.05) is 23.5 Å². The molecule has 3 aromatic rings. The van der Waals surface area contributed by atoms with Crippen LogP contribution >= 0.6 is 11.3 Å². The summed E-state index contributed by atoms with van der Waals surface area (Å²) in [4.78, 5) is 22.3. The lowest BCUT2D eigenvalue weighted by Gasteiger charge is -2.38. The standard InChI is InChI=1S/C24H28N4O4S2/c1-32-19-6-8-20(9-7-19)34(30,31)28-12-10-18(11-13-28)23(29)26-14-16-27(17-15-26)24-25-21-4-2-3-5-22(21)33-24/h2-9,18H,10-17H2,1H3. The number of aromatic nitrogens is 1. The second-order valence-corrected chi connectivity index (χ2v) is 11.6. The molecule has 5 rings (SSSR count). The Morgan fingerprint density at radius 2 is 1.65 bits per heavy atom. The van der Waals surface area contributed by atoms with Gasteiger partial charge in [-0.05, 0) is 49.2 Å². The van der Waals surface area contributed by atoms with Crippen LogP contribution in [0.3, 0.4) is 0 Å². The number of ether oxygens (including phenoxy) is 1. The number of hydrogen-bond donors (Lipinski definition) is 0. The zero-order chi connectivity index (χ0) is 23.7. The number of piperazine rings is 1. The molecule has 10 heteroatoms. The molecule has 34 heavy (non-hydrogen) atoms. The van der Waals surface area contributed by atoms with Crippen LogP contribution in [-0.2, 0) is 14.8 Å². The number of piperidine rings is 1. The number of carbonyl (C=O) groups is 1. The lowest BCUT2D eigenvalue weighted by atomic mass is 9.96. The maximum absolute atomic E-state index is 13.1. The van der Waals surface area contributed by atoms with Crippen molar-refractivity contribution in [2.24, 2.45) is 5.92 Å². The van der Waals surface area contributed by atoms with E-state index in [0.717, 1.165) is 23.7 Å². The first kappa shape index (κ1) is 23.1. The van der Waals surface area contributed by atoms with Crippen molar-refractivity contribution >= 4 is 42.6 Å². The molecule has 8 nitrogen and oxygen atoms in total. The summed E-state index contributed by atoms with van der Waals surface area (Å²) >= 11 is 1.69. The van der Waals surface area contributed by atoms with E-state index in [1.807, 2.05) is 23.1 Å². The van der Waals surface area contributed by atoms with Crippen LogP contribution in [0.4, 0.5) is 5.13 Å². The molecule has 2 saturated heterocycles. The Labute approximate surface area is 203 Å². The number of amides is 1. The van der Waals surface area contributed by atoms with Gasteiger partial charge in [-0.15, -0.1) is 0 Å². The molecule has 3 heterocycles. The fourth-order valence-electron chi connectivity index (χ4n) is 4.61. The van der Waals surface area contributed by atoms with E-state index in [4.69, 9.17) is 9.72 Å². The molecular formula is C24H28N4O4S2. The molecule has 2 fully saturated rings. The quantitative estimate of drug-likeness (QED) is 0.536. The lowest BCUT2D eigenvalue weighted by molar-refractivity contribution is -0.137. The number of sulfonamides is 1. The number of fused-ring (bicyclic) bond motifs is 1. The van der Waals surface area contributed by atoms with Crippen molar-refractivity contribution in [2.45, 2.75) is 17.7 Å². The van der Waals surface area contributed by atoms with Crippen LogP contribution in [-0.4, -0.2) is 74.9 Å². The Balaban J connectivity index is 1.15. The number of anilines is 1. The summed E-state index contributed by atoms with van der Waals surface area (Å²) in [5.41, 5.74) is 1.01. The summed E-state index contributed by atoms with van der Waals surface area (Å²) in [6.07, 6.45) is 1.10. The van der Waals surface area contributed by atoms with Gasteiger partial charge in [0, 0.05) is 45.2 Å². The Bertz CT molecular complexity index is 1230. The summed E-state index contributed by atoms with van der Waals surface area (Å²) < 4.78 is 33.7. The van der Waals surface area contributed by atoms with E-state index in [2.05, 4.69) is 11.0 Å². The topological polar surface area (TPSA) is 83.0 Å². The van der Waals surface area contributed by atoms with E-state index in [-0.39, 0.29) is 16.7 Å². The Morgan fingerprint density at radius 3 is 2.29 bits per heavy atom. The molecule has 0 spiro atoms. The SMILES string of the molecule is COc1ccc(S(=O)(=O)N2CCC(C(=O)N3CCN(c4nc5ccccc5s4)CC3)CC2)cc1. The molecule has 0 saturated carbocycles. The predicted octanol–water partition coefficient (Wildman–Crippen LogP) is 3.05. The van der Waals surface area contributed by atoms with E-state index in [0.29, 0.717) is 44.8 Å². The summed E-state index contributed by atoms with van der Waals surface area (Å²) in [6.45, 7) is 3.57. The summed E-state index contributed by atoms with van der Waals surface area (Å²) in [5, 5.41) is 1.00. The minimum atomic E-state index is -3.57. The predicted molar refractivity (Wildman–Crippen MR) is 133 cm³/mol. The molecule has 0 N–H and O–H groups in total. The van der Waals surface area contributed by atoms with Gasteiger partial charge >= 0.3 is 0 Å². The highest BCUT2D eigenvalue weighted by Crippen LogP contribution is 2.30. The van der Waals surface area contributed by atoms with Crippen molar-refractivity contribution in [3.63, 3.8) is 0 Å². The summed E-state index contributed by atoms with van der Waals surface area (Å²) in [7, 11) is -2.02. The number of benzene rings is 2. The van der Waals surface area contributed by atoms with E-state index < -0.39 is 10.0 Å². The molecule has 2 aliphatic heterocycles. The Kier molecular flexibility index (Phi) is 6.46. The van der Waals surface area contributed by atoms with Crippen molar-refractivity contribution in [1.29, 1.82) is 0 Å². The molecule has 0 unspecified atom stereocenters. The molecular weight excluding hydrogens is 472 g/mol.